The number of carbonyl (C=O) groups is 1. The summed E-state index contributed by atoms with van der Waals surface area (Å²) in [5.74, 6) is -0.0983. The van der Waals surface area contributed by atoms with Crippen molar-refractivity contribution in [3.05, 3.63) is 64.5 Å². The molecule has 0 bridgehead atoms. The van der Waals surface area contributed by atoms with Gasteiger partial charge in [-0.25, -0.2) is 4.39 Å². The third-order valence-electron chi connectivity index (χ3n) is 4.39. The number of benzene rings is 2. The summed E-state index contributed by atoms with van der Waals surface area (Å²) in [6.45, 7) is 0. The number of anilines is 1. The molecule has 2 aromatic carbocycles. The number of non-ortho nitro benzene ring substituents is 1. The number of nitro benzene ring substituents is 1. The Morgan fingerprint density at radius 1 is 1.21 bits per heavy atom. The maximum Gasteiger partial charge on any atom is 0.269 e. The highest BCUT2D eigenvalue weighted by Crippen LogP contribution is 2.41. The molecule has 0 aliphatic heterocycles. The Hall–Kier alpha value is -3.27. The van der Waals surface area contributed by atoms with Crippen molar-refractivity contribution in [1.29, 1.82) is 0 Å². The van der Waals surface area contributed by atoms with Gasteiger partial charge in [-0.3, -0.25) is 19.5 Å². The van der Waals surface area contributed by atoms with Gasteiger partial charge in [-0.2, -0.15) is 0 Å². The standard InChI is InChI=1S/C19H16FN5O3S/c20-16-4-2-1-3-15(16)18-22-23-19(24(18)13-9-10-13)29-11-17(26)21-12-5-7-14(8-6-12)25(27)28/h1-8,13H,9-11H2,(H,21,26). The van der Waals surface area contributed by atoms with E-state index in [-0.39, 0.29) is 29.2 Å². The Balaban J connectivity index is 1.45. The van der Waals surface area contributed by atoms with Gasteiger partial charge in [0.15, 0.2) is 11.0 Å². The van der Waals surface area contributed by atoms with E-state index < -0.39 is 4.92 Å². The van der Waals surface area contributed by atoms with Gasteiger partial charge in [0, 0.05) is 23.9 Å². The van der Waals surface area contributed by atoms with Gasteiger partial charge in [-0.05, 0) is 37.1 Å². The molecule has 4 rings (SSSR count). The predicted octanol–water partition coefficient (Wildman–Crippen LogP) is 4.06. The van der Waals surface area contributed by atoms with Crippen molar-refractivity contribution < 1.29 is 14.1 Å². The van der Waals surface area contributed by atoms with E-state index in [4.69, 9.17) is 0 Å². The summed E-state index contributed by atoms with van der Waals surface area (Å²) < 4.78 is 16.1. The van der Waals surface area contributed by atoms with Crippen molar-refractivity contribution in [3.8, 4) is 11.4 Å². The van der Waals surface area contributed by atoms with Crippen molar-refractivity contribution in [1.82, 2.24) is 14.8 Å². The average molecular weight is 413 g/mol. The number of nitro groups is 1. The Kier molecular flexibility index (Phi) is 5.26. The first-order valence-corrected chi connectivity index (χ1v) is 9.88. The van der Waals surface area contributed by atoms with Crippen LogP contribution in [0.3, 0.4) is 0 Å². The number of aromatic nitrogens is 3. The van der Waals surface area contributed by atoms with Crippen molar-refractivity contribution in [2.24, 2.45) is 0 Å². The molecule has 1 N–H and O–H groups in total. The second-order valence-electron chi connectivity index (χ2n) is 6.53. The zero-order valence-corrected chi connectivity index (χ0v) is 15.9. The molecule has 29 heavy (non-hydrogen) atoms. The Bertz CT molecular complexity index is 1070. The van der Waals surface area contributed by atoms with Gasteiger partial charge in [0.1, 0.15) is 5.82 Å². The molecule has 8 nitrogen and oxygen atoms in total. The summed E-state index contributed by atoms with van der Waals surface area (Å²) in [6, 6.07) is 12.2. The molecule has 0 unspecified atom stereocenters. The SMILES string of the molecule is O=C(CSc1nnc(-c2ccccc2F)n1C1CC1)Nc1ccc([N+](=O)[O-])cc1. The van der Waals surface area contributed by atoms with Crippen LogP contribution < -0.4 is 5.32 Å². The molecule has 1 saturated carbocycles. The first-order valence-electron chi connectivity index (χ1n) is 8.90. The normalized spacial score (nSPS) is 13.3. The summed E-state index contributed by atoms with van der Waals surface area (Å²) in [7, 11) is 0. The third-order valence-corrected chi connectivity index (χ3v) is 5.33. The number of carbonyl (C=O) groups excluding carboxylic acids is 1. The van der Waals surface area contributed by atoms with E-state index >= 15 is 0 Å². The topological polar surface area (TPSA) is 103 Å². The van der Waals surface area contributed by atoms with Gasteiger partial charge in [0.2, 0.25) is 5.91 Å². The van der Waals surface area contributed by atoms with E-state index in [1.807, 2.05) is 4.57 Å². The van der Waals surface area contributed by atoms with Crippen LogP contribution in [0.1, 0.15) is 18.9 Å². The smallest absolute Gasteiger partial charge is 0.269 e. The minimum Gasteiger partial charge on any atom is -0.325 e. The maximum atomic E-state index is 14.2. The Morgan fingerprint density at radius 3 is 2.59 bits per heavy atom. The molecular formula is C19H16FN5O3S. The summed E-state index contributed by atoms with van der Waals surface area (Å²) in [4.78, 5) is 22.4. The van der Waals surface area contributed by atoms with E-state index in [1.54, 1.807) is 18.2 Å². The van der Waals surface area contributed by atoms with Crippen LogP contribution in [0.15, 0.2) is 53.7 Å². The van der Waals surface area contributed by atoms with Crippen molar-refractivity contribution in [2.45, 2.75) is 24.0 Å². The van der Waals surface area contributed by atoms with Gasteiger partial charge in [-0.1, -0.05) is 23.9 Å². The molecule has 1 aliphatic carbocycles. The molecule has 1 heterocycles. The van der Waals surface area contributed by atoms with Gasteiger partial charge in [0.05, 0.1) is 16.2 Å². The fourth-order valence-corrected chi connectivity index (χ4v) is 3.66. The summed E-state index contributed by atoms with van der Waals surface area (Å²) in [5, 5.41) is 22.3. The monoisotopic (exact) mass is 413 g/mol. The summed E-state index contributed by atoms with van der Waals surface area (Å²) in [6.07, 6.45) is 1.92. The highest BCUT2D eigenvalue weighted by molar-refractivity contribution is 7.99. The fourth-order valence-electron chi connectivity index (χ4n) is 2.86. The number of nitrogens with zero attached hydrogens (tertiary/aromatic N) is 4. The average Bonchev–Trinajstić information content (AvgIpc) is 3.46. The lowest BCUT2D eigenvalue weighted by atomic mass is 10.2. The molecular weight excluding hydrogens is 397 g/mol. The van der Waals surface area contributed by atoms with Gasteiger partial charge in [0.25, 0.3) is 5.69 Å². The zero-order valence-electron chi connectivity index (χ0n) is 15.1. The first kappa shape index (κ1) is 19.1. The van der Waals surface area contributed by atoms with Gasteiger partial charge >= 0.3 is 0 Å². The minimum absolute atomic E-state index is 0.0458. The molecule has 148 valence electrons. The predicted molar refractivity (Wildman–Crippen MR) is 106 cm³/mol. The van der Waals surface area contributed by atoms with Crippen molar-refractivity contribution in [2.75, 3.05) is 11.1 Å². The number of rotatable bonds is 7. The number of halogens is 1. The van der Waals surface area contributed by atoms with E-state index in [0.29, 0.717) is 22.2 Å². The van der Waals surface area contributed by atoms with Gasteiger partial charge < -0.3 is 5.32 Å². The molecule has 1 aromatic heterocycles. The van der Waals surface area contributed by atoms with Crippen LogP contribution in [0.4, 0.5) is 15.8 Å². The largest absolute Gasteiger partial charge is 0.325 e. The lowest BCUT2D eigenvalue weighted by molar-refractivity contribution is -0.384. The van der Waals surface area contributed by atoms with Crippen LogP contribution in [0.2, 0.25) is 0 Å². The van der Waals surface area contributed by atoms with E-state index in [1.165, 1.54) is 42.1 Å². The summed E-state index contributed by atoms with van der Waals surface area (Å²) in [5.41, 5.74) is 0.807. The maximum absolute atomic E-state index is 14.2. The number of hydrogen-bond donors (Lipinski definition) is 1. The van der Waals surface area contributed by atoms with E-state index in [2.05, 4.69) is 15.5 Å². The highest BCUT2D eigenvalue weighted by Gasteiger charge is 2.31. The third kappa shape index (κ3) is 4.27. The summed E-state index contributed by atoms with van der Waals surface area (Å²) >= 11 is 1.22. The minimum atomic E-state index is -0.501. The quantitative estimate of drug-likeness (QED) is 0.356. The lowest BCUT2D eigenvalue weighted by Crippen LogP contribution is -2.14. The number of nitrogens with one attached hydrogen (secondary N) is 1. The number of thioether (sulfide) groups is 1. The number of hydrogen-bond acceptors (Lipinski definition) is 6. The van der Waals surface area contributed by atoms with Crippen molar-refractivity contribution >= 4 is 29.0 Å². The zero-order chi connectivity index (χ0) is 20.4. The molecule has 1 fully saturated rings. The van der Waals surface area contributed by atoms with Gasteiger partial charge in [-0.15, -0.1) is 10.2 Å². The molecule has 1 aliphatic rings. The van der Waals surface area contributed by atoms with E-state index in [0.717, 1.165) is 12.8 Å². The van der Waals surface area contributed by atoms with Crippen LogP contribution in [0, 0.1) is 15.9 Å². The van der Waals surface area contributed by atoms with Crippen LogP contribution in [-0.2, 0) is 4.79 Å². The molecule has 0 atom stereocenters. The molecule has 0 spiro atoms. The second kappa shape index (κ2) is 8.00. The first-order chi connectivity index (χ1) is 14.0. The molecule has 0 radical (unpaired) electrons. The Labute approximate surface area is 169 Å². The highest BCUT2D eigenvalue weighted by atomic mass is 32.2. The van der Waals surface area contributed by atoms with E-state index in [9.17, 15) is 19.3 Å². The molecule has 0 saturated heterocycles. The molecule has 3 aromatic rings. The second-order valence-corrected chi connectivity index (χ2v) is 7.47. The van der Waals surface area contributed by atoms with Crippen LogP contribution in [0.5, 0.6) is 0 Å². The fraction of sp³-hybridized carbons (Fsp3) is 0.211. The lowest BCUT2D eigenvalue weighted by Gasteiger charge is -2.09. The number of amides is 1. The van der Waals surface area contributed by atoms with Crippen LogP contribution in [0.25, 0.3) is 11.4 Å². The van der Waals surface area contributed by atoms with Crippen molar-refractivity contribution in [3.63, 3.8) is 0 Å². The Morgan fingerprint density at radius 2 is 1.93 bits per heavy atom. The molecule has 10 heteroatoms. The molecule has 1 amide bonds. The van der Waals surface area contributed by atoms with Crippen LogP contribution >= 0.6 is 11.8 Å². The van der Waals surface area contributed by atoms with Crippen LogP contribution in [-0.4, -0.2) is 31.3 Å².